The van der Waals surface area contributed by atoms with Crippen molar-refractivity contribution in [1.29, 1.82) is 0 Å². The lowest BCUT2D eigenvalue weighted by atomic mass is 9.94. The lowest BCUT2D eigenvalue weighted by Gasteiger charge is -2.32. The highest BCUT2D eigenvalue weighted by molar-refractivity contribution is 5.28. The minimum absolute atomic E-state index is 0.160. The maximum atomic E-state index is 10.3. The van der Waals surface area contributed by atoms with E-state index in [4.69, 9.17) is 14.2 Å². The third-order valence-electron chi connectivity index (χ3n) is 2.96. The number of aliphatic hydroxyl groups is 1. The van der Waals surface area contributed by atoms with Crippen molar-refractivity contribution in [3.63, 3.8) is 0 Å². The fraction of sp³-hybridized carbons (Fsp3) is 0.727. The minimum atomic E-state index is -0.800. The molecule has 0 aromatic carbocycles. The number of aromatic nitrogens is 3. The number of hydrogen-bond acceptors (Lipinski definition) is 8. The molecule has 0 aliphatic carbocycles. The molecule has 1 aromatic rings. The third-order valence-corrected chi connectivity index (χ3v) is 2.96. The van der Waals surface area contributed by atoms with Crippen molar-refractivity contribution in [1.82, 2.24) is 15.0 Å². The first kappa shape index (κ1) is 13.8. The molecule has 106 valence electrons. The lowest BCUT2D eigenvalue weighted by molar-refractivity contribution is -0.0544. The molecule has 1 aliphatic rings. The van der Waals surface area contributed by atoms with Gasteiger partial charge in [0.2, 0.25) is 5.95 Å². The predicted molar refractivity (Wildman–Crippen MR) is 66.4 cm³/mol. The molecule has 1 saturated heterocycles. The molecular formula is C11H18N4O4. The van der Waals surface area contributed by atoms with E-state index in [1.807, 2.05) is 0 Å². The third kappa shape index (κ3) is 3.65. The first-order chi connectivity index (χ1) is 9.15. The van der Waals surface area contributed by atoms with Gasteiger partial charge in [-0.25, -0.2) is 0 Å². The first-order valence-electron chi connectivity index (χ1n) is 6.03. The predicted octanol–water partition coefficient (Wildman–Crippen LogP) is -0.158. The molecule has 0 amide bonds. The molecule has 2 N–H and O–H groups in total. The van der Waals surface area contributed by atoms with E-state index in [2.05, 4.69) is 20.3 Å². The summed E-state index contributed by atoms with van der Waals surface area (Å²) < 4.78 is 15.1. The van der Waals surface area contributed by atoms with Gasteiger partial charge >= 0.3 is 12.0 Å². The van der Waals surface area contributed by atoms with E-state index < -0.39 is 5.60 Å². The zero-order valence-electron chi connectivity index (χ0n) is 11.0. The second-order valence-electron chi connectivity index (χ2n) is 4.32. The first-order valence-corrected chi connectivity index (χ1v) is 6.03. The van der Waals surface area contributed by atoms with Gasteiger partial charge in [0.25, 0.3) is 0 Å². The van der Waals surface area contributed by atoms with Crippen molar-refractivity contribution in [2.24, 2.45) is 0 Å². The number of rotatable bonds is 5. The van der Waals surface area contributed by atoms with Gasteiger partial charge in [-0.1, -0.05) is 0 Å². The average molecular weight is 270 g/mol. The van der Waals surface area contributed by atoms with Gasteiger partial charge in [0, 0.05) is 32.6 Å². The monoisotopic (exact) mass is 270 g/mol. The van der Waals surface area contributed by atoms with Crippen LogP contribution in [0.3, 0.4) is 0 Å². The normalized spacial score (nSPS) is 17.8. The van der Waals surface area contributed by atoms with Crippen LogP contribution in [0.1, 0.15) is 12.8 Å². The second kappa shape index (κ2) is 5.98. The Morgan fingerprint density at radius 3 is 2.26 bits per heavy atom. The SMILES string of the molecule is COc1nc(NCC2(O)CCOCC2)nc(OC)n1. The maximum Gasteiger partial charge on any atom is 0.324 e. The fourth-order valence-corrected chi connectivity index (χ4v) is 1.77. The molecule has 2 heterocycles. The van der Waals surface area contributed by atoms with Gasteiger partial charge in [0.05, 0.1) is 19.8 Å². The molecule has 0 spiro atoms. The van der Waals surface area contributed by atoms with E-state index in [9.17, 15) is 5.11 Å². The van der Waals surface area contributed by atoms with E-state index >= 15 is 0 Å². The van der Waals surface area contributed by atoms with Crippen molar-refractivity contribution in [2.75, 3.05) is 39.3 Å². The van der Waals surface area contributed by atoms with E-state index in [-0.39, 0.29) is 12.0 Å². The quantitative estimate of drug-likeness (QED) is 0.761. The second-order valence-corrected chi connectivity index (χ2v) is 4.32. The van der Waals surface area contributed by atoms with Crippen molar-refractivity contribution in [3.05, 3.63) is 0 Å². The lowest BCUT2D eigenvalue weighted by Crippen LogP contribution is -2.42. The Balaban J connectivity index is 2.02. The van der Waals surface area contributed by atoms with Gasteiger partial charge in [-0.05, 0) is 0 Å². The molecule has 8 nitrogen and oxygen atoms in total. The van der Waals surface area contributed by atoms with Gasteiger partial charge in [-0.2, -0.15) is 9.97 Å². The van der Waals surface area contributed by atoms with Crippen LogP contribution in [-0.2, 0) is 4.74 Å². The molecule has 0 saturated carbocycles. The van der Waals surface area contributed by atoms with E-state index in [0.29, 0.717) is 38.5 Å². The smallest absolute Gasteiger partial charge is 0.324 e. The molecule has 0 unspecified atom stereocenters. The number of nitrogens with zero attached hydrogens (tertiary/aromatic N) is 3. The largest absolute Gasteiger partial charge is 0.467 e. The standard InChI is InChI=1S/C11H18N4O4/c1-17-9-13-8(14-10(15-9)18-2)12-7-11(16)3-5-19-6-4-11/h16H,3-7H2,1-2H3,(H,12,13,14,15). The van der Waals surface area contributed by atoms with Crippen LogP contribution >= 0.6 is 0 Å². The number of nitrogens with one attached hydrogen (secondary N) is 1. The fourth-order valence-electron chi connectivity index (χ4n) is 1.77. The van der Waals surface area contributed by atoms with Crippen LogP contribution < -0.4 is 14.8 Å². The molecule has 0 atom stereocenters. The average Bonchev–Trinajstić information content (AvgIpc) is 2.45. The molecular weight excluding hydrogens is 252 g/mol. The van der Waals surface area contributed by atoms with Gasteiger partial charge < -0.3 is 24.6 Å². The van der Waals surface area contributed by atoms with Crippen molar-refractivity contribution in [2.45, 2.75) is 18.4 Å². The highest BCUT2D eigenvalue weighted by Gasteiger charge is 2.29. The van der Waals surface area contributed by atoms with Crippen LogP contribution in [0.4, 0.5) is 5.95 Å². The van der Waals surface area contributed by atoms with Crippen LogP contribution in [0.5, 0.6) is 12.0 Å². The van der Waals surface area contributed by atoms with Crippen LogP contribution in [-0.4, -0.2) is 59.6 Å². The molecule has 1 aromatic heterocycles. The molecule has 1 fully saturated rings. The summed E-state index contributed by atoms with van der Waals surface area (Å²) in [4.78, 5) is 12.0. The van der Waals surface area contributed by atoms with Gasteiger partial charge in [0.15, 0.2) is 0 Å². The minimum Gasteiger partial charge on any atom is -0.467 e. The molecule has 2 rings (SSSR count). The van der Waals surface area contributed by atoms with Crippen molar-refractivity contribution >= 4 is 5.95 Å². The Kier molecular flexibility index (Phi) is 4.33. The molecule has 8 heteroatoms. The summed E-state index contributed by atoms with van der Waals surface area (Å²) in [5, 5.41) is 13.3. The molecule has 1 aliphatic heterocycles. The maximum absolute atomic E-state index is 10.3. The summed E-state index contributed by atoms with van der Waals surface area (Å²) in [5.74, 6) is 0.309. The summed E-state index contributed by atoms with van der Waals surface area (Å²) in [6, 6.07) is 0.321. The van der Waals surface area contributed by atoms with Crippen molar-refractivity contribution < 1.29 is 19.3 Å². The highest BCUT2D eigenvalue weighted by atomic mass is 16.5. The van der Waals surface area contributed by atoms with E-state index in [1.54, 1.807) is 0 Å². The number of hydrogen-bond donors (Lipinski definition) is 2. The summed E-state index contributed by atoms with van der Waals surface area (Å²) in [7, 11) is 2.93. The molecule has 19 heavy (non-hydrogen) atoms. The Bertz CT molecular complexity index is 401. The van der Waals surface area contributed by atoms with Gasteiger partial charge in [-0.3, -0.25) is 0 Å². The van der Waals surface area contributed by atoms with Crippen LogP contribution in [0.25, 0.3) is 0 Å². The summed E-state index contributed by atoms with van der Waals surface area (Å²) >= 11 is 0. The molecule has 0 radical (unpaired) electrons. The highest BCUT2D eigenvalue weighted by Crippen LogP contribution is 2.21. The zero-order chi connectivity index (χ0) is 13.7. The molecule has 0 bridgehead atoms. The summed E-state index contributed by atoms with van der Waals surface area (Å²) in [6.45, 7) is 1.46. The van der Waals surface area contributed by atoms with Gasteiger partial charge in [-0.15, -0.1) is 4.98 Å². The Morgan fingerprint density at radius 1 is 1.16 bits per heavy atom. The van der Waals surface area contributed by atoms with Crippen LogP contribution in [0.2, 0.25) is 0 Å². The topological polar surface area (TPSA) is 98.6 Å². The van der Waals surface area contributed by atoms with Gasteiger partial charge in [0.1, 0.15) is 0 Å². The van der Waals surface area contributed by atoms with Crippen molar-refractivity contribution in [3.8, 4) is 12.0 Å². The zero-order valence-corrected chi connectivity index (χ0v) is 11.0. The van der Waals surface area contributed by atoms with E-state index in [1.165, 1.54) is 14.2 Å². The number of anilines is 1. The Hall–Kier alpha value is -1.67. The summed E-state index contributed by atoms with van der Waals surface area (Å²) in [5.41, 5.74) is -0.800. The number of ether oxygens (including phenoxy) is 3. The summed E-state index contributed by atoms with van der Waals surface area (Å²) in [6.07, 6.45) is 1.17. The Morgan fingerprint density at radius 2 is 1.74 bits per heavy atom. The Labute approximate surface area is 111 Å². The number of methoxy groups -OCH3 is 2. The van der Waals surface area contributed by atoms with E-state index in [0.717, 1.165) is 0 Å². The van der Waals surface area contributed by atoms with Crippen LogP contribution in [0.15, 0.2) is 0 Å². The van der Waals surface area contributed by atoms with Crippen LogP contribution in [0, 0.1) is 0 Å².